The van der Waals surface area contributed by atoms with Gasteiger partial charge in [0.1, 0.15) is 16.5 Å². The number of aryl methyl sites for hydroxylation is 2. The summed E-state index contributed by atoms with van der Waals surface area (Å²) in [6.45, 7) is 0. The third kappa shape index (κ3) is 2.83. The van der Waals surface area contributed by atoms with E-state index in [4.69, 9.17) is 27.4 Å². The molecule has 0 unspecified atom stereocenters. The average Bonchev–Trinajstić information content (AvgIpc) is 2.94. The van der Waals surface area contributed by atoms with Crippen molar-refractivity contribution in [2.45, 2.75) is 19.3 Å². The molecule has 1 aromatic carbocycles. The van der Waals surface area contributed by atoms with Gasteiger partial charge in [0, 0.05) is 5.69 Å². The van der Waals surface area contributed by atoms with Gasteiger partial charge in [0.05, 0.1) is 12.7 Å². The summed E-state index contributed by atoms with van der Waals surface area (Å²) in [5.41, 5.74) is 8.80. The molecule has 5 heteroatoms. The summed E-state index contributed by atoms with van der Waals surface area (Å²) in [4.78, 5) is 4.90. The summed E-state index contributed by atoms with van der Waals surface area (Å²) in [5, 5.41) is 0. The van der Waals surface area contributed by atoms with Gasteiger partial charge in [-0.1, -0.05) is 12.2 Å². The third-order valence-electron chi connectivity index (χ3n) is 3.56. The molecule has 0 bridgehead atoms. The van der Waals surface area contributed by atoms with Crippen molar-refractivity contribution in [1.29, 1.82) is 0 Å². The van der Waals surface area contributed by atoms with Gasteiger partial charge in [-0.3, -0.25) is 0 Å². The standard InChI is InChI=1S/C16H16N2O2S/c1-19-11-5-7-12(8-6-11)20-16-13(15(17)21)9-10-3-2-4-14(10)18-16/h5-9H,2-4H2,1H3,(H2,17,21). The zero-order valence-corrected chi connectivity index (χ0v) is 12.6. The van der Waals surface area contributed by atoms with Gasteiger partial charge in [-0.25, -0.2) is 4.98 Å². The summed E-state index contributed by atoms with van der Waals surface area (Å²) >= 11 is 5.11. The Hall–Kier alpha value is -2.14. The van der Waals surface area contributed by atoms with Crippen LogP contribution in [0.4, 0.5) is 0 Å². The number of aromatic nitrogens is 1. The molecule has 0 spiro atoms. The van der Waals surface area contributed by atoms with Crippen molar-refractivity contribution in [2.75, 3.05) is 7.11 Å². The summed E-state index contributed by atoms with van der Waals surface area (Å²) in [7, 11) is 1.63. The average molecular weight is 300 g/mol. The Labute approximate surface area is 128 Å². The molecule has 0 radical (unpaired) electrons. The molecule has 0 saturated carbocycles. The van der Waals surface area contributed by atoms with E-state index in [0.29, 0.717) is 22.2 Å². The molecule has 0 fully saturated rings. The number of hydrogen-bond donors (Lipinski definition) is 1. The Morgan fingerprint density at radius 1 is 1.19 bits per heavy atom. The summed E-state index contributed by atoms with van der Waals surface area (Å²) in [6.07, 6.45) is 3.12. The Kier molecular flexibility index (Phi) is 3.75. The molecule has 0 aliphatic heterocycles. The predicted octanol–water partition coefficient (Wildman–Crippen LogP) is 3.01. The molecule has 1 aliphatic carbocycles. The fraction of sp³-hybridized carbons (Fsp3) is 0.250. The monoisotopic (exact) mass is 300 g/mol. The van der Waals surface area contributed by atoms with Gasteiger partial charge >= 0.3 is 0 Å². The van der Waals surface area contributed by atoms with Crippen molar-refractivity contribution in [2.24, 2.45) is 5.73 Å². The maximum absolute atomic E-state index is 5.86. The van der Waals surface area contributed by atoms with Crippen LogP contribution in [-0.4, -0.2) is 17.1 Å². The number of thiocarbonyl (C=S) groups is 1. The van der Waals surface area contributed by atoms with Gasteiger partial charge in [-0.05, 0) is 55.2 Å². The number of rotatable bonds is 4. The molecule has 0 saturated heterocycles. The lowest BCUT2D eigenvalue weighted by molar-refractivity contribution is 0.412. The number of benzene rings is 1. The molecule has 4 nitrogen and oxygen atoms in total. The molecule has 2 aromatic rings. The van der Waals surface area contributed by atoms with Crippen molar-refractivity contribution >= 4 is 17.2 Å². The minimum absolute atomic E-state index is 0.306. The number of fused-ring (bicyclic) bond motifs is 1. The largest absolute Gasteiger partial charge is 0.497 e. The van der Waals surface area contributed by atoms with Crippen LogP contribution < -0.4 is 15.2 Å². The maximum Gasteiger partial charge on any atom is 0.229 e. The van der Waals surface area contributed by atoms with Crippen LogP contribution in [0.25, 0.3) is 0 Å². The van der Waals surface area contributed by atoms with Gasteiger partial charge < -0.3 is 15.2 Å². The van der Waals surface area contributed by atoms with Crippen LogP contribution in [0, 0.1) is 0 Å². The molecular weight excluding hydrogens is 284 g/mol. The number of nitrogens with zero attached hydrogens (tertiary/aromatic N) is 1. The smallest absolute Gasteiger partial charge is 0.229 e. The van der Waals surface area contributed by atoms with E-state index in [1.165, 1.54) is 5.56 Å². The molecule has 3 rings (SSSR count). The zero-order valence-electron chi connectivity index (χ0n) is 11.8. The number of nitrogens with two attached hydrogens (primary N) is 1. The van der Waals surface area contributed by atoms with Gasteiger partial charge in [0.25, 0.3) is 0 Å². The van der Waals surface area contributed by atoms with Crippen LogP contribution in [-0.2, 0) is 12.8 Å². The van der Waals surface area contributed by atoms with Crippen LogP contribution in [0.5, 0.6) is 17.4 Å². The first kappa shape index (κ1) is 13.8. The molecular formula is C16H16N2O2S. The molecule has 0 amide bonds. The lowest BCUT2D eigenvalue weighted by Crippen LogP contribution is -2.13. The lowest BCUT2D eigenvalue weighted by Gasteiger charge is -2.12. The Morgan fingerprint density at radius 3 is 2.57 bits per heavy atom. The van der Waals surface area contributed by atoms with Crippen LogP contribution >= 0.6 is 12.2 Å². The van der Waals surface area contributed by atoms with Gasteiger partial charge in [0.15, 0.2) is 0 Å². The summed E-state index contributed by atoms with van der Waals surface area (Å²) < 4.78 is 11.0. The van der Waals surface area contributed by atoms with E-state index in [9.17, 15) is 0 Å². The van der Waals surface area contributed by atoms with E-state index in [0.717, 1.165) is 30.7 Å². The summed E-state index contributed by atoms with van der Waals surface area (Å²) in [5.74, 6) is 1.94. The van der Waals surface area contributed by atoms with Crippen molar-refractivity contribution < 1.29 is 9.47 Å². The third-order valence-corrected chi connectivity index (χ3v) is 3.78. The predicted molar refractivity (Wildman–Crippen MR) is 85.2 cm³/mol. The highest BCUT2D eigenvalue weighted by Gasteiger charge is 2.19. The van der Waals surface area contributed by atoms with Crippen molar-refractivity contribution in [1.82, 2.24) is 4.98 Å². The van der Waals surface area contributed by atoms with Crippen molar-refractivity contribution in [3.63, 3.8) is 0 Å². The summed E-state index contributed by atoms with van der Waals surface area (Å²) in [6, 6.07) is 9.34. The van der Waals surface area contributed by atoms with Gasteiger partial charge in [0.2, 0.25) is 5.88 Å². The van der Waals surface area contributed by atoms with Crippen LogP contribution in [0.1, 0.15) is 23.2 Å². The highest BCUT2D eigenvalue weighted by atomic mass is 32.1. The molecule has 2 N–H and O–H groups in total. The topological polar surface area (TPSA) is 57.4 Å². The highest BCUT2D eigenvalue weighted by Crippen LogP contribution is 2.30. The minimum Gasteiger partial charge on any atom is -0.497 e. The van der Waals surface area contributed by atoms with Gasteiger partial charge in [-0.15, -0.1) is 0 Å². The fourth-order valence-electron chi connectivity index (χ4n) is 2.46. The lowest BCUT2D eigenvalue weighted by atomic mass is 10.1. The molecule has 1 heterocycles. The zero-order chi connectivity index (χ0) is 14.8. The van der Waals surface area contributed by atoms with E-state index >= 15 is 0 Å². The van der Waals surface area contributed by atoms with Crippen LogP contribution in [0.15, 0.2) is 30.3 Å². The quantitative estimate of drug-likeness (QED) is 0.880. The van der Waals surface area contributed by atoms with Crippen molar-refractivity contribution in [3.8, 4) is 17.4 Å². The van der Waals surface area contributed by atoms with E-state index in [-0.39, 0.29) is 0 Å². The first-order valence-corrected chi connectivity index (χ1v) is 7.22. The Balaban J connectivity index is 1.94. The normalized spacial score (nSPS) is 12.8. The van der Waals surface area contributed by atoms with Crippen LogP contribution in [0.2, 0.25) is 0 Å². The minimum atomic E-state index is 0.306. The first-order chi connectivity index (χ1) is 10.2. The second kappa shape index (κ2) is 5.69. The fourth-order valence-corrected chi connectivity index (χ4v) is 2.61. The van der Waals surface area contributed by atoms with Crippen molar-refractivity contribution in [3.05, 3.63) is 47.2 Å². The van der Waals surface area contributed by atoms with E-state index in [2.05, 4.69) is 4.98 Å². The van der Waals surface area contributed by atoms with E-state index in [1.54, 1.807) is 7.11 Å². The molecule has 0 atom stereocenters. The Bertz CT molecular complexity index is 683. The van der Waals surface area contributed by atoms with Gasteiger partial charge in [-0.2, -0.15) is 0 Å². The molecule has 108 valence electrons. The van der Waals surface area contributed by atoms with E-state index < -0.39 is 0 Å². The van der Waals surface area contributed by atoms with E-state index in [1.807, 2.05) is 30.3 Å². The van der Waals surface area contributed by atoms with Crippen LogP contribution in [0.3, 0.4) is 0 Å². The molecule has 1 aromatic heterocycles. The highest BCUT2D eigenvalue weighted by molar-refractivity contribution is 7.80. The number of pyridine rings is 1. The Morgan fingerprint density at radius 2 is 1.90 bits per heavy atom. The molecule has 1 aliphatic rings. The SMILES string of the molecule is COc1ccc(Oc2nc3c(cc2C(N)=S)CCC3)cc1. The first-order valence-electron chi connectivity index (χ1n) is 6.82. The second-order valence-corrected chi connectivity index (χ2v) is 5.38. The number of methoxy groups -OCH3 is 1. The maximum atomic E-state index is 5.86. The number of ether oxygens (including phenoxy) is 2. The molecule has 21 heavy (non-hydrogen) atoms. The second-order valence-electron chi connectivity index (χ2n) is 4.94. The number of hydrogen-bond acceptors (Lipinski definition) is 4.